The van der Waals surface area contributed by atoms with Gasteiger partial charge in [0, 0.05) is 24.0 Å². The number of ether oxygens (including phenoxy) is 1. The maximum atomic E-state index is 10.6. The molecule has 0 spiro atoms. The molecule has 12 heavy (non-hydrogen) atoms. The summed E-state index contributed by atoms with van der Waals surface area (Å²) in [6.45, 7) is 2.63. The van der Waals surface area contributed by atoms with Crippen LogP contribution in [0.25, 0.3) is 0 Å². The molecule has 2 nitrogen and oxygen atoms in total. The molecule has 0 heterocycles. The van der Waals surface area contributed by atoms with Crippen molar-refractivity contribution in [3.63, 3.8) is 0 Å². The minimum atomic E-state index is 0.0301. The van der Waals surface area contributed by atoms with Crippen LogP contribution in [0.5, 0.6) is 0 Å². The SMILES string of the molecule is CCOC1C(=C=O)C2C=CC1C2. The Labute approximate surface area is 71.9 Å². The van der Waals surface area contributed by atoms with Gasteiger partial charge in [0.1, 0.15) is 5.94 Å². The van der Waals surface area contributed by atoms with E-state index in [1.165, 1.54) is 0 Å². The van der Waals surface area contributed by atoms with Gasteiger partial charge < -0.3 is 4.74 Å². The average molecular weight is 164 g/mol. The van der Waals surface area contributed by atoms with Crippen LogP contribution in [0.4, 0.5) is 0 Å². The highest BCUT2D eigenvalue weighted by molar-refractivity contribution is 5.59. The first-order valence-corrected chi connectivity index (χ1v) is 4.41. The van der Waals surface area contributed by atoms with Gasteiger partial charge >= 0.3 is 0 Å². The van der Waals surface area contributed by atoms with Gasteiger partial charge in [0.05, 0.1) is 6.10 Å². The van der Waals surface area contributed by atoms with E-state index < -0.39 is 0 Å². The molecule has 2 bridgehead atoms. The molecule has 2 aliphatic carbocycles. The fourth-order valence-electron chi connectivity index (χ4n) is 2.15. The quantitative estimate of drug-likeness (QED) is 0.455. The second kappa shape index (κ2) is 2.89. The molecule has 3 atom stereocenters. The maximum Gasteiger partial charge on any atom is 0.126 e. The van der Waals surface area contributed by atoms with Crippen LogP contribution in [-0.2, 0) is 9.53 Å². The zero-order chi connectivity index (χ0) is 8.55. The zero-order valence-corrected chi connectivity index (χ0v) is 7.12. The highest BCUT2D eigenvalue weighted by Gasteiger charge is 2.41. The van der Waals surface area contributed by atoms with E-state index >= 15 is 0 Å². The van der Waals surface area contributed by atoms with Crippen LogP contribution >= 0.6 is 0 Å². The van der Waals surface area contributed by atoms with Crippen LogP contribution < -0.4 is 0 Å². The van der Waals surface area contributed by atoms with E-state index in [0.29, 0.717) is 18.4 Å². The van der Waals surface area contributed by atoms with E-state index in [2.05, 4.69) is 12.2 Å². The molecule has 3 unspecified atom stereocenters. The van der Waals surface area contributed by atoms with Gasteiger partial charge in [-0.3, -0.25) is 0 Å². The van der Waals surface area contributed by atoms with Crippen molar-refractivity contribution in [2.24, 2.45) is 11.8 Å². The predicted molar refractivity (Wildman–Crippen MR) is 45.4 cm³/mol. The van der Waals surface area contributed by atoms with E-state index in [0.717, 1.165) is 12.0 Å². The van der Waals surface area contributed by atoms with E-state index in [-0.39, 0.29) is 6.10 Å². The second-order valence-corrected chi connectivity index (χ2v) is 3.32. The van der Waals surface area contributed by atoms with Crippen molar-refractivity contribution >= 4 is 5.94 Å². The molecule has 0 amide bonds. The molecule has 1 saturated carbocycles. The molecule has 0 aromatic rings. The minimum Gasteiger partial charge on any atom is -0.373 e. The van der Waals surface area contributed by atoms with Crippen molar-refractivity contribution in [2.45, 2.75) is 19.4 Å². The Morgan fingerprint density at radius 2 is 2.50 bits per heavy atom. The van der Waals surface area contributed by atoms with E-state index in [4.69, 9.17) is 4.74 Å². The van der Waals surface area contributed by atoms with E-state index in [1.807, 2.05) is 12.9 Å². The van der Waals surface area contributed by atoms with Gasteiger partial charge in [-0.2, -0.15) is 0 Å². The average Bonchev–Trinajstić information content (AvgIpc) is 2.64. The fraction of sp³-hybridized carbons (Fsp3) is 0.600. The lowest BCUT2D eigenvalue weighted by atomic mass is 9.99. The summed E-state index contributed by atoms with van der Waals surface area (Å²) >= 11 is 0. The van der Waals surface area contributed by atoms with Gasteiger partial charge in [-0.15, -0.1) is 0 Å². The summed E-state index contributed by atoms with van der Waals surface area (Å²) in [6.07, 6.45) is 5.34. The van der Waals surface area contributed by atoms with Gasteiger partial charge in [0.2, 0.25) is 0 Å². The molecule has 0 aliphatic heterocycles. The highest BCUT2D eigenvalue weighted by Crippen LogP contribution is 2.43. The van der Waals surface area contributed by atoms with Crippen LogP contribution in [0.2, 0.25) is 0 Å². The van der Waals surface area contributed by atoms with Gasteiger partial charge in [0.15, 0.2) is 0 Å². The Morgan fingerprint density at radius 3 is 3.17 bits per heavy atom. The molecule has 2 rings (SSSR count). The first kappa shape index (κ1) is 7.78. The van der Waals surface area contributed by atoms with E-state index in [1.54, 1.807) is 0 Å². The lowest BCUT2D eigenvalue weighted by molar-refractivity contribution is 0.0723. The summed E-state index contributed by atoms with van der Waals surface area (Å²) in [5, 5.41) is 0. The number of hydrogen-bond acceptors (Lipinski definition) is 2. The molecule has 0 aromatic carbocycles. The molecule has 0 aromatic heterocycles. The molecule has 2 heteroatoms. The van der Waals surface area contributed by atoms with Crippen molar-refractivity contribution in [1.29, 1.82) is 0 Å². The first-order valence-electron chi connectivity index (χ1n) is 4.41. The van der Waals surface area contributed by atoms with Crippen LogP contribution in [0.1, 0.15) is 13.3 Å². The maximum absolute atomic E-state index is 10.6. The van der Waals surface area contributed by atoms with Gasteiger partial charge in [0.25, 0.3) is 0 Å². The molecule has 64 valence electrons. The number of allylic oxidation sites excluding steroid dienone is 1. The molecule has 0 N–H and O–H groups in total. The van der Waals surface area contributed by atoms with Crippen molar-refractivity contribution in [2.75, 3.05) is 6.61 Å². The van der Waals surface area contributed by atoms with Gasteiger partial charge in [-0.25, -0.2) is 4.79 Å². The standard InChI is InChI=1S/C10H12O2/c1-2-12-10-8-4-3-7(5-8)9(10)6-11/h3-4,7-8,10H,2,5H2,1H3. The third-order valence-corrected chi connectivity index (χ3v) is 2.68. The number of rotatable bonds is 2. The summed E-state index contributed by atoms with van der Waals surface area (Å²) in [5.41, 5.74) is 0.823. The smallest absolute Gasteiger partial charge is 0.126 e. The Hall–Kier alpha value is -0.850. The summed E-state index contributed by atoms with van der Waals surface area (Å²) in [5.74, 6) is 2.78. The molecule has 0 saturated heterocycles. The summed E-state index contributed by atoms with van der Waals surface area (Å²) in [4.78, 5) is 10.6. The molecular weight excluding hydrogens is 152 g/mol. The Kier molecular flexibility index (Phi) is 1.87. The van der Waals surface area contributed by atoms with Crippen LogP contribution in [0.3, 0.4) is 0 Å². The Morgan fingerprint density at radius 1 is 1.67 bits per heavy atom. The third kappa shape index (κ3) is 0.961. The normalized spacial score (nSPS) is 37.4. The Bertz CT molecular complexity index is 261. The summed E-state index contributed by atoms with van der Waals surface area (Å²) in [6, 6.07) is 0. The predicted octanol–water partition coefficient (Wildman–Crippen LogP) is 1.36. The summed E-state index contributed by atoms with van der Waals surface area (Å²) in [7, 11) is 0. The van der Waals surface area contributed by atoms with Gasteiger partial charge in [-0.1, -0.05) is 12.2 Å². The molecule has 0 radical (unpaired) electrons. The van der Waals surface area contributed by atoms with Gasteiger partial charge in [-0.05, 0) is 13.3 Å². The Balaban J connectivity index is 2.23. The number of hydrogen-bond donors (Lipinski definition) is 0. The second-order valence-electron chi connectivity index (χ2n) is 3.32. The molecule has 1 fully saturated rings. The largest absolute Gasteiger partial charge is 0.373 e. The van der Waals surface area contributed by atoms with Crippen LogP contribution in [0, 0.1) is 11.8 Å². The van der Waals surface area contributed by atoms with Crippen molar-refractivity contribution < 1.29 is 9.53 Å². The topological polar surface area (TPSA) is 26.3 Å². The highest BCUT2D eigenvalue weighted by atomic mass is 16.5. The van der Waals surface area contributed by atoms with Crippen molar-refractivity contribution in [3.8, 4) is 0 Å². The minimum absolute atomic E-state index is 0.0301. The van der Waals surface area contributed by atoms with Crippen molar-refractivity contribution in [3.05, 3.63) is 17.7 Å². The third-order valence-electron chi connectivity index (χ3n) is 2.68. The van der Waals surface area contributed by atoms with E-state index in [9.17, 15) is 4.79 Å². The summed E-state index contributed by atoms with van der Waals surface area (Å²) < 4.78 is 5.49. The fourth-order valence-corrected chi connectivity index (χ4v) is 2.15. The number of carbonyl (C=O) groups excluding carboxylic acids is 1. The number of fused-ring (bicyclic) bond motifs is 2. The molecular formula is C10H12O2. The van der Waals surface area contributed by atoms with Crippen LogP contribution in [0.15, 0.2) is 17.7 Å². The lowest BCUT2D eigenvalue weighted by Crippen LogP contribution is -2.21. The van der Waals surface area contributed by atoms with Crippen LogP contribution in [-0.4, -0.2) is 18.7 Å². The van der Waals surface area contributed by atoms with Crippen molar-refractivity contribution in [1.82, 2.24) is 0 Å². The first-order chi connectivity index (χ1) is 5.86. The molecule has 2 aliphatic rings. The monoisotopic (exact) mass is 164 g/mol. The zero-order valence-electron chi connectivity index (χ0n) is 7.12. The lowest BCUT2D eigenvalue weighted by Gasteiger charge is -2.18.